The summed E-state index contributed by atoms with van der Waals surface area (Å²) in [5.41, 5.74) is 11.9. The Bertz CT molecular complexity index is 2250. The van der Waals surface area contributed by atoms with Crippen molar-refractivity contribution in [2.45, 2.75) is 121 Å². The van der Waals surface area contributed by atoms with Crippen LogP contribution in [0.1, 0.15) is 156 Å². The molecule has 0 radical (unpaired) electrons. The number of hydrogen-bond acceptors (Lipinski definition) is 4. The van der Waals surface area contributed by atoms with Crippen LogP contribution in [0, 0.1) is 29.6 Å². The molecule has 0 saturated heterocycles. The number of allylic oxidation sites excluding steroid dienone is 22. The van der Waals surface area contributed by atoms with Crippen LogP contribution in [-0.2, 0) is 0 Å². The highest BCUT2D eigenvalue weighted by Gasteiger charge is 2.30. The molecular formula is C54H60N4. The summed E-state index contributed by atoms with van der Waals surface area (Å²) in [6.07, 6.45) is 58.9. The summed E-state index contributed by atoms with van der Waals surface area (Å²) in [6, 6.07) is 4.62. The second kappa shape index (κ2) is 17.3. The second-order valence-electron chi connectivity index (χ2n) is 18.2. The van der Waals surface area contributed by atoms with E-state index in [1.54, 1.807) is 5.57 Å². The first kappa shape index (κ1) is 37.6. The summed E-state index contributed by atoms with van der Waals surface area (Å²) < 4.78 is 0. The predicted molar refractivity (Wildman–Crippen MR) is 241 cm³/mol. The maximum atomic E-state index is 5.48. The Hall–Kier alpha value is -4.70. The Morgan fingerprint density at radius 2 is 1.45 bits per heavy atom. The van der Waals surface area contributed by atoms with Crippen molar-refractivity contribution in [3.8, 4) is 0 Å². The van der Waals surface area contributed by atoms with Gasteiger partial charge in [0.05, 0.1) is 11.4 Å². The van der Waals surface area contributed by atoms with E-state index in [-0.39, 0.29) is 5.92 Å². The molecule has 2 heterocycles. The quantitative estimate of drug-likeness (QED) is 0.251. The van der Waals surface area contributed by atoms with Crippen molar-refractivity contribution >= 4 is 27.9 Å². The standard InChI is InChI=1S/C54H60N4/c1-4-12-37(13-5-1)40-20-27-44(28-21-40)52-56-53(45-29-22-41(23-30-45)38-14-6-2-7-15-38)58-54(57-52)46-31-25-42(26-32-46)49-34-35-50(43-17-8-3-9-18-43)55-51(49)48-33-24-39-16-10-11-19-47(39)36-48/h1,4-5,8,11-12,14,17-20,25,27,29,31,33-35,37,39-41,44,47H,2-3,6-7,9-10,13,15-16,21-24,26,28,30,32,36H2. The minimum absolute atomic E-state index is 0.225. The van der Waals surface area contributed by atoms with E-state index < -0.39 is 0 Å². The molecule has 2 aromatic heterocycles. The van der Waals surface area contributed by atoms with Gasteiger partial charge in [-0.15, -0.1) is 0 Å². The van der Waals surface area contributed by atoms with Crippen molar-refractivity contribution in [1.82, 2.24) is 19.9 Å². The molecule has 0 N–H and O–H groups in total. The summed E-state index contributed by atoms with van der Waals surface area (Å²) in [4.78, 5) is 21.4. The fourth-order valence-corrected chi connectivity index (χ4v) is 11.1. The molecule has 6 unspecified atom stereocenters. The molecule has 4 nitrogen and oxygen atoms in total. The monoisotopic (exact) mass is 764 g/mol. The molecule has 58 heavy (non-hydrogen) atoms. The van der Waals surface area contributed by atoms with Crippen molar-refractivity contribution < 1.29 is 0 Å². The molecule has 0 aliphatic heterocycles. The van der Waals surface area contributed by atoms with Crippen LogP contribution in [0.5, 0.6) is 0 Å². The highest BCUT2D eigenvalue weighted by molar-refractivity contribution is 5.84. The van der Waals surface area contributed by atoms with Gasteiger partial charge >= 0.3 is 0 Å². The van der Waals surface area contributed by atoms with Crippen LogP contribution in [0.3, 0.4) is 0 Å². The highest BCUT2D eigenvalue weighted by atomic mass is 15.0. The van der Waals surface area contributed by atoms with Gasteiger partial charge in [-0.1, -0.05) is 109 Å². The van der Waals surface area contributed by atoms with Gasteiger partial charge in [0.15, 0.2) is 11.6 Å². The zero-order valence-electron chi connectivity index (χ0n) is 34.4. The minimum Gasteiger partial charge on any atom is -0.248 e. The first-order chi connectivity index (χ1) is 28.7. The number of pyridine rings is 1. The lowest BCUT2D eigenvalue weighted by Gasteiger charge is -2.32. The third-order valence-electron chi connectivity index (χ3n) is 14.6. The first-order valence-corrected chi connectivity index (χ1v) is 23.0. The highest BCUT2D eigenvalue weighted by Crippen LogP contribution is 2.44. The van der Waals surface area contributed by atoms with Crippen LogP contribution in [0.25, 0.3) is 27.9 Å². The van der Waals surface area contributed by atoms with Crippen molar-refractivity contribution in [3.63, 3.8) is 0 Å². The number of nitrogens with zero attached hydrogens (tertiary/aromatic N) is 4. The number of aromatic nitrogens is 4. The zero-order chi connectivity index (χ0) is 38.7. The molecule has 6 atom stereocenters. The molecule has 10 rings (SSSR count). The SMILES string of the molecule is C1=CCC(C2C=CC(c3nc(C4=CC=C(c5ccc(C6=CCCC=C6)nc5C5=CCC6CCC=CC6C5)CC4)nc(C4=CCC(C5=CCCCC5)CC4)n3)CC2)C=C1. The van der Waals surface area contributed by atoms with E-state index in [4.69, 9.17) is 19.9 Å². The smallest absolute Gasteiger partial charge is 0.159 e. The maximum absolute atomic E-state index is 5.48. The fourth-order valence-electron chi connectivity index (χ4n) is 11.1. The topological polar surface area (TPSA) is 51.6 Å². The Labute approximate surface area is 347 Å². The summed E-state index contributed by atoms with van der Waals surface area (Å²) in [5, 5.41) is 0. The normalized spacial score (nSPS) is 29.4. The minimum atomic E-state index is 0.225. The Balaban J connectivity index is 0.969. The maximum Gasteiger partial charge on any atom is 0.159 e. The molecule has 4 heteroatoms. The lowest BCUT2D eigenvalue weighted by Crippen LogP contribution is -2.20. The van der Waals surface area contributed by atoms with Crippen LogP contribution in [-0.4, -0.2) is 19.9 Å². The van der Waals surface area contributed by atoms with Gasteiger partial charge < -0.3 is 0 Å². The first-order valence-electron chi connectivity index (χ1n) is 23.0. The van der Waals surface area contributed by atoms with Gasteiger partial charge in [0.1, 0.15) is 5.82 Å². The molecule has 0 bridgehead atoms. The zero-order valence-corrected chi connectivity index (χ0v) is 34.4. The predicted octanol–water partition coefficient (Wildman–Crippen LogP) is 13.9. The molecule has 8 aliphatic carbocycles. The van der Waals surface area contributed by atoms with Gasteiger partial charge in [0.25, 0.3) is 0 Å². The van der Waals surface area contributed by atoms with E-state index in [2.05, 4.69) is 109 Å². The summed E-state index contributed by atoms with van der Waals surface area (Å²) in [5.74, 6) is 6.24. The third kappa shape index (κ3) is 8.14. The van der Waals surface area contributed by atoms with Gasteiger partial charge in [0, 0.05) is 11.5 Å². The fraction of sp³-hybridized carbons (Fsp3) is 0.444. The van der Waals surface area contributed by atoms with Crippen molar-refractivity contribution in [2.75, 3.05) is 0 Å². The number of rotatable bonds is 8. The average Bonchev–Trinajstić information content (AvgIpc) is 3.32. The molecule has 8 aliphatic rings. The molecule has 0 aromatic carbocycles. The van der Waals surface area contributed by atoms with Crippen LogP contribution < -0.4 is 0 Å². The van der Waals surface area contributed by atoms with E-state index in [0.717, 1.165) is 93.3 Å². The van der Waals surface area contributed by atoms with E-state index in [1.165, 1.54) is 90.5 Å². The number of hydrogen-bond donors (Lipinski definition) is 0. The van der Waals surface area contributed by atoms with E-state index in [0.29, 0.717) is 23.7 Å². The Morgan fingerprint density at radius 3 is 2.22 bits per heavy atom. The van der Waals surface area contributed by atoms with Crippen LogP contribution in [0.4, 0.5) is 0 Å². The summed E-state index contributed by atoms with van der Waals surface area (Å²) in [7, 11) is 0. The van der Waals surface area contributed by atoms with Gasteiger partial charge in [-0.05, 0) is 179 Å². The lowest BCUT2D eigenvalue weighted by molar-refractivity contribution is 0.353. The second-order valence-corrected chi connectivity index (χ2v) is 18.2. The Kier molecular flexibility index (Phi) is 11.2. The molecular weight excluding hydrogens is 705 g/mol. The Morgan fingerprint density at radius 1 is 0.534 bits per heavy atom. The molecule has 296 valence electrons. The van der Waals surface area contributed by atoms with Crippen LogP contribution in [0.15, 0.2) is 115 Å². The largest absolute Gasteiger partial charge is 0.248 e. The van der Waals surface area contributed by atoms with Crippen molar-refractivity contribution in [2.24, 2.45) is 29.6 Å². The molecule has 0 saturated carbocycles. The molecule has 0 spiro atoms. The van der Waals surface area contributed by atoms with Gasteiger partial charge in [0.2, 0.25) is 0 Å². The third-order valence-corrected chi connectivity index (χ3v) is 14.6. The summed E-state index contributed by atoms with van der Waals surface area (Å²) in [6.45, 7) is 0. The molecule has 0 amide bonds. The molecule has 0 fully saturated rings. The van der Waals surface area contributed by atoms with Crippen LogP contribution >= 0.6 is 0 Å². The van der Waals surface area contributed by atoms with Gasteiger partial charge in [-0.2, -0.15) is 0 Å². The van der Waals surface area contributed by atoms with E-state index in [1.807, 2.05) is 0 Å². The van der Waals surface area contributed by atoms with Crippen LogP contribution in [0.2, 0.25) is 0 Å². The molecule has 2 aromatic rings. The summed E-state index contributed by atoms with van der Waals surface area (Å²) >= 11 is 0. The van der Waals surface area contributed by atoms with Gasteiger partial charge in [-0.25, -0.2) is 19.9 Å². The van der Waals surface area contributed by atoms with Gasteiger partial charge in [-0.3, -0.25) is 0 Å². The van der Waals surface area contributed by atoms with E-state index >= 15 is 0 Å². The number of fused-ring (bicyclic) bond motifs is 1. The average molecular weight is 765 g/mol. The lowest BCUT2D eigenvalue weighted by atomic mass is 9.73. The van der Waals surface area contributed by atoms with E-state index in [9.17, 15) is 0 Å². The van der Waals surface area contributed by atoms with Crippen molar-refractivity contribution in [1.29, 1.82) is 0 Å². The van der Waals surface area contributed by atoms with Crippen molar-refractivity contribution in [3.05, 3.63) is 149 Å².